The molecular weight excluding hydrogens is 255 g/mol. The molecule has 0 spiro atoms. The highest BCUT2D eigenvalue weighted by molar-refractivity contribution is 5.70. The van der Waals surface area contributed by atoms with Gasteiger partial charge in [0.15, 0.2) is 11.6 Å². The predicted molar refractivity (Wildman–Crippen MR) is 76.9 cm³/mol. The molecule has 0 amide bonds. The van der Waals surface area contributed by atoms with Crippen LogP contribution in [-0.2, 0) is 0 Å². The van der Waals surface area contributed by atoms with Crippen molar-refractivity contribution >= 4 is 5.57 Å². The number of fused-ring (bicyclic) bond motifs is 1. The number of benzene rings is 1. The number of hydrogen-bond donors (Lipinski definition) is 2. The van der Waals surface area contributed by atoms with Gasteiger partial charge < -0.3 is 10.2 Å². The van der Waals surface area contributed by atoms with Crippen LogP contribution in [0.2, 0.25) is 0 Å². The molecule has 0 radical (unpaired) electrons. The van der Waals surface area contributed by atoms with Gasteiger partial charge >= 0.3 is 0 Å². The Bertz CT molecular complexity index is 579. The summed E-state index contributed by atoms with van der Waals surface area (Å²) in [7, 11) is 0. The summed E-state index contributed by atoms with van der Waals surface area (Å²) in [5.74, 6) is -0.440. The van der Waals surface area contributed by atoms with Gasteiger partial charge in [0.25, 0.3) is 0 Å². The Hall–Kier alpha value is -1.35. The summed E-state index contributed by atoms with van der Waals surface area (Å²) < 4.78 is 13.8. The number of hydrogen-bond acceptors (Lipinski definition) is 2. The van der Waals surface area contributed by atoms with E-state index in [9.17, 15) is 14.6 Å². The second-order valence-corrected chi connectivity index (χ2v) is 6.47. The monoisotopic (exact) mass is 276 g/mol. The van der Waals surface area contributed by atoms with E-state index >= 15 is 0 Å². The van der Waals surface area contributed by atoms with Gasteiger partial charge in [-0.1, -0.05) is 19.1 Å². The number of rotatable bonds is 1. The molecule has 2 N–H and O–H groups in total. The van der Waals surface area contributed by atoms with Crippen molar-refractivity contribution in [2.45, 2.75) is 45.6 Å². The molecule has 20 heavy (non-hydrogen) atoms. The number of aromatic hydroxyl groups is 1. The van der Waals surface area contributed by atoms with E-state index in [0.29, 0.717) is 11.5 Å². The van der Waals surface area contributed by atoms with E-state index in [1.54, 1.807) is 13.0 Å². The number of halogens is 1. The molecule has 108 valence electrons. The van der Waals surface area contributed by atoms with Crippen LogP contribution in [0.15, 0.2) is 18.2 Å². The second kappa shape index (κ2) is 4.59. The van der Waals surface area contributed by atoms with Crippen LogP contribution in [0, 0.1) is 24.1 Å². The molecule has 3 atom stereocenters. The lowest BCUT2D eigenvalue weighted by Crippen LogP contribution is -2.33. The molecule has 3 rings (SSSR count). The fourth-order valence-corrected chi connectivity index (χ4v) is 3.84. The molecule has 2 aliphatic carbocycles. The highest BCUT2D eigenvalue weighted by atomic mass is 19.1. The highest BCUT2D eigenvalue weighted by Crippen LogP contribution is 2.52. The van der Waals surface area contributed by atoms with Crippen molar-refractivity contribution in [1.82, 2.24) is 0 Å². The largest absolute Gasteiger partial charge is 0.505 e. The molecule has 3 heteroatoms. The van der Waals surface area contributed by atoms with E-state index in [1.165, 1.54) is 6.07 Å². The molecule has 2 nitrogen and oxygen atoms in total. The first-order chi connectivity index (χ1) is 9.43. The minimum atomic E-state index is -0.525. The van der Waals surface area contributed by atoms with Gasteiger partial charge in [-0.15, -0.1) is 0 Å². The number of phenolic OH excluding ortho intramolecular Hbond substituents is 1. The topological polar surface area (TPSA) is 40.5 Å². The summed E-state index contributed by atoms with van der Waals surface area (Å²) in [5, 5.41) is 19.6. The SMILES string of the molecule is Cc1c(C2=C[C@H]3CC[C@H](O)[C@@]3(C)CC2)ccc(O)c1F. The predicted octanol–water partition coefficient (Wildman–Crippen LogP) is 3.79. The first-order valence-electron chi connectivity index (χ1n) is 7.30. The van der Waals surface area contributed by atoms with Gasteiger partial charge in [0.1, 0.15) is 0 Å². The molecule has 0 aliphatic heterocycles. The van der Waals surface area contributed by atoms with E-state index in [0.717, 1.165) is 36.8 Å². The Kier molecular flexibility index (Phi) is 3.13. The Morgan fingerprint density at radius 1 is 1.30 bits per heavy atom. The van der Waals surface area contributed by atoms with Crippen molar-refractivity contribution in [2.24, 2.45) is 11.3 Å². The second-order valence-electron chi connectivity index (χ2n) is 6.47. The molecule has 1 fully saturated rings. The first-order valence-corrected chi connectivity index (χ1v) is 7.30. The maximum Gasteiger partial charge on any atom is 0.168 e. The summed E-state index contributed by atoms with van der Waals surface area (Å²) in [6.07, 6.45) is 5.65. The lowest BCUT2D eigenvalue weighted by Gasteiger charge is -2.37. The number of phenols is 1. The highest BCUT2D eigenvalue weighted by Gasteiger charge is 2.46. The van der Waals surface area contributed by atoms with Crippen LogP contribution in [0.3, 0.4) is 0 Å². The third-order valence-corrected chi connectivity index (χ3v) is 5.41. The molecule has 2 aliphatic rings. The minimum absolute atomic E-state index is 0.0210. The van der Waals surface area contributed by atoms with E-state index in [2.05, 4.69) is 13.0 Å². The quantitative estimate of drug-likeness (QED) is 0.819. The lowest BCUT2D eigenvalue weighted by atomic mass is 9.69. The van der Waals surface area contributed by atoms with Gasteiger partial charge in [-0.2, -0.15) is 0 Å². The van der Waals surface area contributed by atoms with Crippen molar-refractivity contribution in [3.8, 4) is 5.75 Å². The summed E-state index contributed by atoms with van der Waals surface area (Å²) in [4.78, 5) is 0. The lowest BCUT2D eigenvalue weighted by molar-refractivity contribution is 0.0419. The zero-order chi connectivity index (χ0) is 14.5. The average Bonchev–Trinajstić information content (AvgIpc) is 2.72. The minimum Gasteiger partial charge on any atom is -0.505 e. The van der Waals surface area contributed by atoms with Crippen LogP contribution >= 0.6 is 0 Å². The standard InChI is InChI=1S/C17H21FO2/c1-10-13(4-5-14(19)16(10)18)11-7-8-17(2)12(9-11)3-6-15(17)20/h4-5,9,12,15,19-20H,3,6-8H2,1-2H3/t12-,15+,17+/m1/s1. The van der Waals surface area contributed by atoms with Crippen molar-refractivity contribution in [1.29, 1.82) is 0 Å². The first kappa shape index (κ1) is 13.6. The zero-order valence-electron chi connectivity index (χ0n) is 12.0. The van der Waals surface area contributed by atoms with E-state index in [-0.39, 0.29) is 17.3 Å². The molecule has 0 heterocycles. The number of allylic oxidation sites excluding steroid dienone is 2. The molecule has 1 aromatic rings. The van der Waals surface area contributed by atoms with Crippen LogP contribution in [0.5, 0.6) is 5.75 Å². The third kappa shape index (κ3) is 1.87. The van der Waals surface area contributed by atoms with Crippen molar-refractivity contribution < 1.29 is 14.6 Å². The van der Waals surface area contributed by atoms with Gasteiger partial charge in [-0.05, 0) is 61.3 Å². The smallest absolute Gasteiger partial charge is 0.168 e. The van der Waals surface area contributed by atoms with Gasteiger partial charge in [-0.25, -0.2) is 4.39 Å². The maximum atomic E-state index is 13.8. The summed E-state index contributed by atoms with van der Waals surface area (Å²) in [5.41, 5.74) is 2.53. The van der Waals surface area contributed by atoms with Crippen molar-refractivity contribution in [3.05, 3.63) is 35.2 Å². The Morgan fingerprint density at radius 3 is 2.80 bits per heavy atom. The average molecular weight is 276 g/mol. The van der Waals surface area contributed by atoms with Gasteiger partial charge in [0.2, 0.25) is 0 Å². The fraction of sp³-hybridized carbons (Fsp3) is 0.529. The molecule has 0 unspecified atom stereocenters. The molecule has 1 aromatic carbocycles. The molecule has 0 aromatic heterocycles. The summed E-state index contributed by atoms with van der Waals surface area (Å²) in [6, 6.07) is 3.23. The summed E-state index contributed by atoms with van der Waals surface area (Å²) in [6.45, 7) is 3.87. The molecular formula is C17H21FO2. The van der Waals surface area contributed by atoms with E-state index < -0.39 is 5.82 Å². The van der Waals surface area contributed by atoms with Crippen molar-refractivity contribution in [3.63, 3.8) is 0 Å². The van der Waals surface area contributed by atoms with Crippen LogP contribution in [0.4, 0.5) is 4.39 Å². The van der Waals surface area contributed by atoms with Crippen LogP contribution < -0.4 is 0 Å². The summed E-state index contributed by atoms with van der Waals surface area (Å²) >= 11 is 0. The van der Waals surface area contributed by atoms with E-state index in [1.807, 2.05) is 0 Å². The molecule has 0 bridgehead atoms. The zero-order valence-corrected chi connectivity index (χ0v) is 12.0. The normalized spacial score (nSPS) is 32.9. The maximum absolute atomic E-state index is 13.8. The van der Waals surface area contributed by atoms with Crippen LogP contribution in [-0.4, -0.2) is 16.3 Å². The van der Waals surface area contributed by atoms with Gasteiger partial charge in [0.05, 0.1) is 6.10 Å². The molecule has 1 saturated carbocycles. The number of aliphatic hydroxyl groups excluding tert-OH is 1. The van der Waals surface area contributed by atoms with Crippen molar-refractivity contribution in [2.75, 3.05) is 0 Å². The van der Waals surface area contributed by atoms with Gasteiger partial charge in [0, 0.05) is 5.41 Å². The molecule has 0 saturated heterocycles. The third-order valence-electron chi connectivity index (χ3n) is 5.41. The van der Waals surface area contributed by atoms with Gasteiger partial charge in [-0.3, -0.25) is 0 Å². The fourth-order valence-electron chi connectivity index (χ4n) is 3.84. The Morgan fingerprint density at radius 2 is 2.05 bits per heavy atom. The Balaban J connectivity index is 1.99. The van der Waals surface area contributed by atoms with E-state index in [4.69, 9.17) is 0 Å². The van der Waals surface area contributed by atoms with Crippen LogP contribution in [0.25, 0.3) is 5.57 Å². The van der Waals surface area contributed by atoms with Crippen LogP contribution in [0.1, 0.15) is 43.7 Å². The Labute approximate surface area is 118 Å². The number of aliphatic hydroxyl groups is 1.